The number of ether oxygens (including phenoxy) is 2. The lowest BCUT2D eigenvalue weighted by atomic mass is 10.0. The molecule has 2 nitrogen and oxygen atoms in total. The minimum absolute atomic E-state index is 0.0836. The van der Waals surface area contributed by atoms with Crippen molar-refractivity contribution in [1.29, 1.82) is 0 Å². The summed E-state index contributed by atoms with van der Waals surface area (Å²) in [5, 5.41) is 0. The van der Waals surface area contributed by atoms with Crippen LogP contribution in [0.5, 0.6) is 11.5 Å². The Morgan fingerprint density at radius 2 is 2.27 bits per heavy atom. The van der Waals surface area contributed by atoms with E-state index in [0.29, 0.717) is 5.75 Å². The van der Waals surface area contributed by atoms with Gasteiger partial charge in [-0.05, 0) is 19.9 Å². The first kappa shape index (κ1) is 10.3. The molecule has 0 fully saturated rings. The third-order valence-electron chi connectivity index (χ3n) is 2.39. The number of halogens is 1. The Morgan fingerprint density at radius 1 is 1.47 bits per heavy atom. The number of fused-ring (bicyclic) bond motifs is 1. The largest absolute Gasteiger partial charge is 0.487 e. The van der Waals surface area contributed by atoms with Crippen molar-refractivity contribution in [3.05, 3.63) is 23.8 Å². The number of para-hydroxylation sites is 1. The summed E-state index contributed by atoms with van der Waals surface area (Å²) in [6.45, 7) is 3.67. The SMILES string of the molecule is CC1(C)Cc2cccc(OCCF)c2O1. The predicted octanol–water partition coefficient (Wildman–Crippen LogP) is 2.75. The number of alkyl halides is 1. The topological polar surface area (TPSA) is 18.5 Å². The van der Waals surface area contributed by atoms with Crippen LogP contribution in [0.3, 0.4) is 0 Å². The average molecular weight is 210 g/mol. The second kappa shape index (κ2) is 3.72. The van der Waals surface area contributed by atoms with Gasteiger partial charge in [0.1, 0.15) is 18.9 Å². The Morgan fingerprint density at radius 3 is 3.00 bits per heavy atom. The molecule has 15 heavy (non-hydrogen) atoms. The van der Waals surface area contributed by atoms with E-state index in [1.807, 2.05) is 32.0 Å². The minimum Gasteiger partial charge on any atom is -0.487 e. The highest BCUT2D eigenvalue weighted by Crippen LogP contribution is 2.41. The highest BCUT2D eigenvalue weighted by Gasteiger charge is 2.32. The van der Waals surface area contributed by atoms with E-state index in [1.165, 1.54) is 0 Å². The molecule has 1 aliphatic heterocycles. The molecule has 0 saturated carbocycles. The van der Waals surface area contributed by atoms with Crippen molar-refractivity contribution >= 4 is 0 Å². The first-order chi connectivity index (χ1) is 7.12. The van der Waals surface area contributed by atoms with Crippen molar-refractivity contribution in [2.45, 2.75) is 25.9 Å². The molecule has 1 aromatic carbocycles. The fourth-order valence-electron chi connectivity index (χ4n) is 1.85. The molecule has 1 heterocycles. The lowest BCUT2D eigenvalue weighted by Crippen LogP contribution is -2.24. The van der Waals surface area contributed by atoms with Gasteiger partial charge in [-0.2, -0.15) is 0 Å². The van der Waals surface area contributed by atoms with E-state index in [-0.39, 0.29) is 12.2 Å². The van der Waals surface area contributed by atoms with E-state index >= 15 is 0 Å². The lowest BCUT2D eigenvalue weighted by molar-refractivity contribution is 0.131. The highest BCUT2D eigenvalue weighted by atomic mass is 19.1. The molecule has 1 aromatic rings. The van der Waals surface area contributed by atoms with Crippen LogP contribution in [0.2, 0.25) is 0 Å². The smallest absolute Gasteiger partial charge is 0.165 e. The van der Waals surface area contributed by atoms with E-state index in [0.717, 1.165) is 17.7 Å². The lowest BCUT2D eigenvalue weighted by Gasteiger charge is -2.18. The van der Waals surface area contributed by atoms with Crippen molar-refractivity contribution in [2.24, 2.45) is 0 Å². The normalized spacial score (nSPS) is 17.0. The maximum Gasteiger partial charge on any atom is 0.165 e. The van der Waals surface area contributed by atoms with Crippen LogP contribution in [0.4, 0.5) is 4.39 Å². The molecule has 0 N–H and O–H groups in total. The molecule has 0 aliphatic carbocycles. The van der Waals surface area contributed by atoms with E-state index in [4.69, 9.17) is 9.47 Å². The first-order valence-electron chi connectivity index (χ1n) is 5.12. The monoisotopic (exact) mass is 210 g/mol. The Bertz CT molecular complexity index is 361. The fraction of sp³-hybridized carbons (Fsp3) is 0.500. The molecule has 0 saturated heterocycles. The van der Waals surface area contributed by atoms with E-state index in [1.54, 1.807) is 0 Å². The average Bonchev–Trinajstić information content (AvgIpc) is 2.49. The van der Waals surface area contributed by atoms with Gasteiger partial charge < -0.3 is 9.47 Å². The molecular formula is C12H15FO2. The molecule has 0 radical (unpaired) electrons. The molecule has 2 rings (SSSR count). The van der Waals surface area contributed by atoms with Crippen LogP contribution in [0.1, 0.15) is 19.4 Å². The van der Waals surface area contributed by atoms with Gasteiger partial charge in [0, 0.05) is 12.0 Å². The molecule has 0 atom stereocenters. The molecule has 0 amide bonds. The summed E-state index contributed by atoms with van der Waals surface area (Å²) >= 11 is 0. The molecular weight excluding hydrogens is 195 g/mol. The van der Waals surface area contributed by atoms with Crippen molar-refractivity contribution in [2.75, 3.05) is 13.3 Å². The third kappa shape index (κ3) is 2.06. The van der Waals surface area contributed by atoms with Crippen LogP contribution in [-0.2, 0) is 6.42 Å². The fourth-order valence-corrected chi connectivity index (χ4v) is 1.85. The van der Waals surface area contributed by atoms with Gasteiger partial charge in [-0.3, -0.25) is 0 Å². The van der Waals surface area contributed by atoms with Crippen LogP contribution in [0.15, 0.2) is 18.2 Å². The number of rotatable bonds is 3. The first-order valence-corrected chi connectivity index (χ1v) is 5.12. The zero-order chi connectivity index (χ0) is 10.9. The maximum absolute atomic E-state index is 12.0. The van der Waals surface area contributed by atoms with Crippen molar-refractivity contribution < 1.29 is 13.9 Å². The van der Waals surface area contributed by atoms with Crippen LogP contribution < -0.4 is 9.47 Å². The molecule has 3 heteroatoms. The summed E-state index contributed by atoms with van der Waals surface area (Å²) in [5.74, 6) is 1.42. The van der Waals surface area contributed by atoms with Gasteiger partial charge in [0.25, 0.3) is 0 Å². The number of hydrogen-bond acceptors (Lipinski definition) is 2. The second-order valence-corrected chi connectivity index (χ2v) is 4.32. The number of hydrogen-bond donors (Lipinski definition) is 0. The van der Waals surface area contributed by atoms with Gasteiger partial charge in [-0.25, -0.2) is 4.39 Å². The zero-order valence-corrected chi connectivity index (χ0v) is 9.05. The molecule has 1 aliphatic rings. The van der Waals surface area contributed by atoms with Crippen LogP contribution in [0.25, 0.3) is 0 Å². The molecule has 0 unspecified atom stereocenters. The molecule has 0 spiro atoms. The minimum atomic E-state index is -0.479. The molecule has 0 aromatic heterocycles. The standard InChI is InChI=1S/C12H15FO2/c1-12(2)8-9-4-3-5-10(11(9)15-12)14-7-6-13/h3-5H,6-8H2,1-2H3. The van der Waals surface area contributed by atoms with Crippen LogP contribution in [0, 0.1) is 0 Å². The van der Waals surface area contributed by atoms with E-state index in [9.17, 15) is 4.39 Å². The van der Waals surface area contributed by atoms with Gasteiger partial charge in [-0.1, -0.05) is 12.1 Å². The summed E-state index contributed by atoms with van der Waals surface area (Å²) in [5.41, 5.74) is 0.952. The zero-order valence-electron chi connectivity index (χ0n) is 9.05. The molecule has 82 valence electrons. The second-order valence-electron chi connectivity index (χ2n) is 4.32. The summed E-state index contributed by atoms with van der Waals surface area (Å²) < 4.78 is 23.1. The Kier molecular flexibility index (Phi) is 2.55. The quantitative estimate of drug-likeness (QED) is 0.763. The van der Waals surface area contributed by atoms with Gasteiger partial charge in [0.05, 0.1) is 0 Å². The summed E-state index contributed by atoms with van der Waals surface area (Å²) in [4.78, 5) is 0. The Hall–Kier alpha value is -1.25. The van der Waals surface area contributed by atoms with E-state index < -0.39 is 6.67 Å². The van der Waals surface area contributed by atoms with Crippen LogP contribution >= 0.6 is 0 Å². The summed E-state index contributed by atoms with van der Waals surface area (Å²) in [7, 11) is 0. The third-order valence-corrected chi connectivity index (χ3v) is 2.39. The Balaban J connectivity index is 2.25. The summed E-state index contributed by atoms with van der Waals surface area (Å²) in [6.07, 6.45) is 0.870. The van der Waals surface area contributed by atoms with Crippen molar-refractivity contribution in [3.63, 3.8) is 0 Å². The van der Waals surface area contributed by atoms with Crippen molar-refractivity contribution in [1.82, 2.24) is 0 Å². The summed E-state index contributed by atoms with van der Waals surface area (Å²) in [6, 6.07) is 5.75. The van der Waals surface area contributed by atoms with Crippen LogP contribution in [-0.4, -0.2) is 18.9 Å². The van der Waals surface area contributed by atoms with Crippen molar-refractivity contribution in [3.8, 4) is 11.5 Å². The molecule has 0 bridgehead atoms. The van der Waals surface area contributed by atoms with Gasteiger partial charge in [0.2, 0.25) is 0 Å². The van der Waals surface area contributed by atoms with Gasteiger partial charge in [-0.15, -0.1) is 0 Å². The van der Waals surface area contributed by atoms with Gasteiger partial charge in [0.15, 0.2) is 11.5 Å². The maximum atomic E-state index is 12.0. The van der Waals surface area contributed by atoms with E-state index in [2.05, 4.69) is 0 Å². The predicted molar refractivity (Wildman–Crippen MR) is 56.3 cm³/mol. The number of benzene rings is 1. The highest BCUT2D eigenvalue weighted by molar-refractivity contribution is 5.50. The Labute approximate surface area is 89.0 Å². The van der Waals surface area contributed by atoms with Gasteiger partial charge >= 0.3 is 0 Å².